The Morgan fingerprint density at radius 1 is 1.18 bits per heavy atom. The molecule has 2 N–H and O–H groups in total. The van der Waals surface area contributed by atoms with Crippen LogP contribution in [0.5, 0.6) is 0 Å². The Labute approximate surface area is 63.8 Å². The average molecular weight is 156 g/mol. The summed E-state index contributed by atoms with van der Waals surface area (Å²) in [6.45, 7) is 1.36. The van der Waals surface area contributed by atoms with Crippen LogP contribution in [0.25, 0.3) is 0 Å². The summed E-state index contributed by atoms with van der Waals surface area (Å²) in [4.78, 5) is 0. The van der Waals surface area contributed by atoms with Gasteiger partial charge in [-0.05, 0) is 24.1 Å². The molecular weight excluding hydrogens is 148 g/mol. The molecule has 0 unspecified atom stereocenters. The molecule has 1 aromatic rings. The summed E-state index contributed by atoms with van der Waals surface area (Å²) in [6, 6.07) is 3.35. The summed E-state index contributed by atoms with van der Waals surface area (Å²) < 4.78 is 24.9. The molecule has 0 fully saturated rings. The fourth-order valence-electron chi connectivity index (χ4n) is 0.865. The van der Waals surface area contributed by atoms with E-state index in [4.69, 9.17) is 5.73 Å². The lowest BCUT2D eigenvalue weighted by Crippen LogP contribution is -1.96. The third kappa shape index (κ3) is 2.27. The third-order valence-electron chi connectivity index (χ3n) is 1.28. The van der Waals surface area contributed by atoms with E-state index in [9.17, 15) is 8.78 Å². The third-order valence-corrected chi connectivity index (χ3v) is 1.28. The van der Waals surface area contributed by atoms with E-state index in [1.807, 2.05) is 0 Å². The van der Waals surface area contributed by atoms with Crippen LogP contribution in [0, 0.1) is 18.2 Å². The van der Waals surface area contributed by atoms with Crippen LogP contribution in [0.3, 0.4) is 0 Å². The maximum absolute atomic E-state index is 12.5. The van der Waals surface area contributed by atoms with Crippen molar-refractivity contribution < 1.29 is 8.78 Å². The molecule has 0 saturated heterocycles. The molecule has 0 aromatic heterocycles. The van der Waals surface area contributed by atoms with Crippen molar-refractivity contribution >= 4 is 0 Å². The van der Waals surface area contributed by atoms with E-state index in [0.717, 1.165) is 6.07 Å². The Hall–Kier alpha value is -0.960. The van der Waals surface area contributed by atoms with Crippen LogP contribution >= 0.6 is 0 Å². The number of hydrogen-bond donors (Lipinski definition) is 1. The van der Waals surface area contributed by atoms with E-state index in [1.165, 1.54) is 18.7 Å². The molecule has 1 rings (SSSR count). The van der Waals surface area contributed by atoms with E-state index in [0.29, 0.717) is 12.0 Å². The summed E-state index contributed by atoms with van der Waals surface area (Å²) in [6.07, 6.45) is 0.384. The minimum atomic E-state index is -0.568. The molecule has 1 aromatic carbocycles. The number of hydrogen-bond acceptors (Lipinski definition) is 1. The van der Waals surface area contributed by atoms with Crippen LogP contribution in [0.15, 0.2) is 18.2 Å². The molecule has 0 bridgehead atoms. The Balaban J connectivity index is 2.89. The predicted octanol–water partition coefficient (Wildman–Crippen LogP) is 1.63. The molecule has 0 spiro atoms. The van der Waals surface area contributed by atoms with E-state index in [2.05, 4.69) is 0 Å². The van der Waals surface area contributed by atoms with Crippen molar-refractivity contribution in [1.29, 1.82) is 0 Å². The molecule has 59 valence electrons. The second kappa shape index (κ2) is 3.44. The van der Waals surface area contributed by atoms with Gasteiger partial charge in [0, 0.05) is 12.6 Å². The van der Waals surface area contributed by atoms with Crippen molar-refractivity contribution in [1.82, 2.24) is 0 Å². The lowest BCUT2D eigenvalue weighted by atomic mass is 10.1. The van der Waals surface area contributed by atoms with Gasteiger partial charge in [-0.3, -0.25) is 0 Å². The molecule has 0 aliphatic rings. The van der Waals surface area contributed by atoms with Gasteiger partial charge in [0.2, 0.25) is 0 Å². The normalized spacial score (nSPS) is 10.1. The lowest BCUT2D eigenvalue weighted by molar-refractivity contribution is 0.580. The van der Waals surface area contributed by atoms with Gasteiger partial charge in [-0.15, -0.1) is 0 Å². The molecule has 0 heterocycles. The standard InChI is InChI=1S/C8H8F2N/c9-7-3-6(1-2-11)4-8(10)5-7/h2-5H,1,11H2. The molecule has 0 amide bonds. The van der Waals surface area contributed by atoms with E-state index >= 15 is 0 Å². The minimum Gasteiger partial charge on any atom is -0.326 e. The monoisotopic (exact) mass is 156 g/mol. The van der Waals surface area contributed by atoms with Crippen molar-refractivity contribution in [2.75, 3.05) is 0 Å². The summed E-state index contributed by atoms with van der Waals surface area (Å²) >= 11 is 0. The van der Waals surface area contributed by atoms with Crippen molar-refractivity contribution in [2.24, 2.45) is 5.73 Å². The second-order valence-electron chi connectivity index (χ2n) is 2.22. The van der Waals surface area contributed by atoms with Gasteiger partial charge in [-0.25, -0.2) is 8.78 Å². The Bertz CT molecular complexity index is 228. The maximum Gasteiger partial charge on any atom is 0.126 e. The van der Waals surface area contributed by atoms with Gasteiger partial charge in [-0.1, -0.05) is 0 Å². The number of halogens is 2. The average Bonchev–Trinajstić information content (AvgIpc) is 1.85. The fraction of sp³-hybridized carbons (Fsp3) is 0.125. The second-order valence-corrected chi connectivity index (χ2v) is 2.22. The molecule has 0 atom stereocenters. The van der Waals surface area contributed by atoms with Crippen molar-refractivity contribution in [3.05, 3.63) is 41.9 Å². The first-order valence-electron chi connectivity index (χ1n) is 3.21. The Kier molecular flexibility index (Phi) is 2.54. The molecular formula is C8H8F2N. The van der Waals surface area contributed by atoms with Gasteiger partial charge in [0.05, 0.1) is 0 Å². The van der Waals surface area contributed by atoms with Gasteiger partial charge < -0.3 is 5.73 Å². The van der Waals surface area contributed by atoms with Crippen LogP contribution in [0.1, 0.15) is 5.56 Å². The first kappa shape index (κ1) is 8.14. The van der Waals surface area contributed by atoms with Crippen LogP contribution in [-0.2, 0) is 6.42 Å². The summed E-state index contributed by atoms with van der Waals surface area (Å²) in [7, 11) is 0. The summed E-state index contributed by atoms with van der Waals surface area (Å²) in [5.41, 5.74) is 5.64. The summed E-state index contributed by atoms with van der Waals surface area (Å²) in [5.74, 6) is -1.14. The number of rotatable bonds is 2. The zero-order valence-electron chi connectivity index (χ0n) is 5.85. The minimum absolute atomic E-state index is 0.384. The van der Waals surface area contributed by atoms with Crippen LogP contribution in [0.2, 0.25) is 0 Å². The molecule has 3 heteroatoms. The van der Waals surface area contributed by atoms with E-state index < -0.39 is 11.6 Å². The molecule has 0 saturated carbocycles. The fourth-order valence-corrected chi connectivity index (χ4v) is 0.865. The highest BCUT2D eigenvalue weighted by Gasteiger charge is 1.98. The predicted molar refractivity (Wildman–Crippen MR) is 38.5 cm³/mol. The Morgan fingerprint density at radius 2 is 1.73 bits per heavy atom. The van der Waals surface area contributed by atoms with Gasteiger partial charge in [-0.2, -0.15) is 0 Å². The first-order chi connectivity index (χ1) is 5.22. The first-order valence-corrected chi connectivity index (χ1v) is 3.21. The van der Waals surface area contributed by atoms with E-state index in [-0.39, 0.29) is 0 Å². The smallest absolute Gasteiger partial charge is 0.126 e. The quantitative estimate of drug-likeness (QED) is 0.691. The van der Waals surface area contributed by atoms with Gasteiger partial charge >= 0.3 is 0 Å². The van der Waals surface area contributed by atoms with Gasteiger partial charge in [0.25, 0.3) is 0 Å². The zero-order valence-corrected chi connectivity index (χ0v) is 5.85. The maximum atomic E-state index is 12.5. The Morgan fingerprint density at radius 3 is 2.18 bits per heavy atom. The number of nitrogens with two attached hydrogens (primary N) is 1. The molecule has 0 aliphatic carbocycles. The number of benzene rings is 1. The topological polar surface area (TPSA) is 26.0 Å². The highest BCUT2D eigenvalue weighted by molar-refractivity contribution is 5.18. The molecule has 1 radical (unpaired) electrons. The SMILES string of the molecule is N[CH]Cc1cc(F)cc(F)c1. The zero-order chi connectivity index (χ0) is 8.27. The van der Waals surface area contributed by atoms with Crippen molar-refractivity contribution in [3.63, 3.8) is 0 Å². The highest BCUT2D eigenvalue weighted by Crippen LogP contribution is 2.08. The van der Waals surface area contributed by atoms with Crippen LogP contribution in [-0.4, -0.2) is 0 Å². The summed E-state index contributed by atoms with van der Waals surface area (Å²) in [5, 5.41) is 0. The molecule has 0 aliphatic heterocycles. The largest absolute Gasteiger partial charge is 0.326 e. The highest BCUT2D eigenvalue weighted by atomic mass is 19.1. The van der Waals surface area contributed by atoms with Gasteiger partial charge in [0.1, 0.15) is 11.6 Å². The van der Waals surface area contributed by atoms with Crippen molar-refractivity contribution in [2.45, 2.75) is 6.42 Å². The molecule has 11 heavy (non-hydrogen) atoms. The molecule has 1 nitrogen and oxygen atoms in total. The lowest BCUT2D eigenvalue weighted by Gasteiger charge is -1.97. The van der Waals surface area contributed by atoms with Crippen LogP contribution in [0.4, 0.5) is 8.78 Å². The van der Waals surface area contributed by atoms with E-state index in [1.54, 1.807) is 0 Å². The van der Waals surface area contributed by atoms with Gasteiger partial charge in [0.15, 0.2) is 0 Å². The van der Waals surface area contributed by atoms with Crippen molar-refractivity contribution in [3.8, 4) is 0 Å². The van der Waals surface area contributed by atoms with Crippen LogP contribution < -0.4 is 5.73 Å².